The summed E-state index contributed by atoms with van der Waals surface area (Å²) in [6.07, 6.45) is 2.92. The number of rotatable bonds is 2. The van der Waals surface area contributed by atoms with Crippen molar-refractivity contribution in [1.29, 1.82) is 5.26 Å². The third-order valence-electron chi connectivity index (χ3n) is 2.04. The SMILES string of the molecule is Cn1cc(C#N)c(NC(=O)c2ccoc2Br)n1. The van der Waals surface area contributed by atoms with E-state index in [-0.39, 0.29) is 11.7 Å². The van der Waals surface area contributed by atoms with Gasteiger partial charge in [0.1, 0.15) is 11.6 Å². The van der Waals surface area contributed by atoms with Crippen LogP contribution >= 0.6 is 15.9 Å². The summed E-state index contributed by atoms with van der Waals surface area (Å²) in [6, 6.07) is 3.47. The van der Waals surface area contributed by atoms with Gasteiger partial charge < -0.3 is 9.73 Å². The van der Waals surface area contributed by atoms with Crippen LogP contribution in [0.25, 0.3) is 0 Å². The Kier molecular flexibility index (Phi) is 2.97. The molecule has 0 aliphatic rings. The van der Waals surface area contributed by atoms with E-state index < -0.39 is 0 Å². The van der Waals surface area contributed by atoms with Crippen molar-refractivity contribution in [2.45, 2.75) is 0 Å². The predicted octanol–water partition coefficient (Wildman–Crippen LogP) is 1.90. The van der Waals surface area contributed by atoms with Crippen molar-refractivity contribution < 1.29 is 9.21 Å². The first kappa shape index (κ1) is 11.4. The van der Waals surface area contributed by atoms with Gasteiger partial charge in [0.15, 0.2) is 10.5 Å². The Hall–Kier alpha value is -2.07. The molecule has 0 saturated heterocycles. The van der Waals surface area contributed by atoms with Crippen LogP contribution in [-0.4, -0.2) is 15.7 Å². The third kappa shape index (κ3) is 2.21. The molecule has 86 valence electrons. The van der Waals surface area contributed by atoms with Crippen molar-refractivity contribution in [3.8, 4) is 6.07 Å². The molecule has 2 aromatic rings. The quantitative estimate of drug-likeness (QED) is 0.917. The van der Waals surface area contributed by atoms with Crippen molar-refractivity contribution in [2.75, 3.05) is 5.32 Å². The molecule has 0 aliphatic carbocycles. The van der Waals surface area contributed by atoms with Crippen molar-refractivity contribution in [3.63, 3.8) is 0 Å². The topological polar surface area (TPSA) is 83.9 Å². The number of nitrogens with zero attached hydrogens (tertiary/aromatic N) is 3. The Morgan fingerprint density at radius 1 is 1.71 bits per heavy atom. The van der Waals surface area contributed by atoms with Crippen LogP contribution in [0.1, 0.15) is 15.9 Å². The number of carbonyl (C=O) groups excluding carboxylic acids is 1. The lowest BCUT2D eigenvalue weighted by molar-refractivity contribution is 0.102. The van der Waals surface area contributed by atoms with E-state index in [1.165, 1.54) is 23.2 Å². The number of hydrogen-bond donors (Lipinski definition) is 1. The molecule has 2 aromatic heterocycles. The number of aryl methyl sites for hydroxylation is 1. The molecule has 0 unspecified atom stereocenters. The summed E-state index contributed by atoms with van der Waals surface area (Å²) in [4.78, 5) is 11.8. The number of anilines is 1. The third-order valence-corrected chi connectivity index (χ3v) is 2.66. The minimum atomic E-state index is -0.388. The van der Waals surface area contributed by atoms with Gasteiger partial charge in [0, 0.05) is 13.2 Å². The van der Waals surface area contributed by atoms with E-state index in [0.717, 1.165) is 0 Å². The fraction of sp³-hybridized carbons (Fsp3) is 0.100. The van der Waals surface area contributed by atoms with E-state index in [1.54, 1.807) is 7.05 Å². The largest absolute Gasteiger partial charge is 0.457 e. The summed E-state index contributed by atoms with van der Waals surface area (Å²) in [5.74, 6) is -0.158. The molecule has 0 spiro atoms. The number of furan rings is 1. The predicted molar refractivity (Wildman–Crippen MR) is 62.3 cm³/mol. The minimum Gasteiger partial charge on any atom is -0.457 e. The average molecular weight is 295 g/mol. The zero-order valence-electron chi connectivity index (χ0n) is 8.77. The van der Waals surface area contributed by atoms with Crippen molar-refractivity contribution in [3.05, 3.63) is 34.3 Å². The van der Waals surface area contributed by atoms with Crippen molar-refractivity contribution >= 4 is 27.7 Å². The number of aromatic nitrogens is 2. The Labute approximate surface area is 105 Å². The van der Waals surface area contributed by atoms with Gasteiger partial charge in [0.05, 0.1) is 11.8 Å². The van der Waals surface area contributed by atoms with E-state index >= 15 is 0 Å². The molecule has 0 fully saturated rings. The second kappa shape index (κ2) is 4.43. The molecule has 0 atom stereocenters. The van der Waals surface area contributed by atoms with Crippen LogP contribution in [0.15, 0.2) is 27.6 Å². The van der Waals surface area contributed by atoms with Crippen LogP contribution in [-0.2, 0) is 7.05 Å². The molecule has 0 bridgehead atoms. The number of nitrogens with one attached hydrogen (secondary N) is 1. The lowest BCUT2D eigenvalue weighted by Gasteiger charge is -1.99. The molecular formula is C10H7BrN4O2. The number of carbonyl (C=O) groups is 1. The molecule has 0 aliphatic heterocycles. The average Bonchev–Trinajstić information content (AvgIpc) is 2.84. The van der Waals surface area contributed by atoms with E-state index in [0.29, 0.717) is 15.8 Å². The van der Waals surface area contributed by atoms with Crippen LogP contribution < -0.4 is 5.32 Å². The van der Waals surface area contributed by atoms with E-state index in [1.807, 2.05) is 6.07 Å². The lowest BCUT2D eigenvalue weighted by atomic mass is 10.3. The first-order valence-corrected chi connectivity index (χ1v) is 5.39. The van der Waals surface area contributed by atoms with Crippen LogP contribution in [0.2, 0.25) is 0 Å². The highest BCUT2D eigenvalue weighted by atomic mass is 79.9. The normalized spacial score (nSPS) is 9.94. The molecule has 0 aromatic carbocycles. The van der Waals surface area contributed by atoms with Crippen LogP contribution in [0.3, 0.4) is 0 Å². The molecule has 0 saturated carbocycles. The van der Waals surface area contributed by atoms with Gasteiger partial charge in [0.2, 0.25) is 0 Å². The second-order valence-electron chi connectivity index (χ2n) is 3.24. The van der Waals surface area contributed by atoms with Gasteiger partial charge in [-0.25, -0.2) is 0 Å². The summed E-state index contributed by atoms with van der Waals surface area (Å²) in [5.41, 5.74) is 0.653. The summed E-state index contributed by atoms with van der Waals surface area (Å²) in [5, 5.41) is 15.4. The van der Waals surface area contributed by atoms with Gasteiger partial charge in [0.25, 0.3) is 5.91 Å². The molecule has 0 radical (unpaired) electrons. The highest BCUT2D eigenvalue weighted by Crippen LogP contribution is 2.19. The van der Waals surface area contributed by atoms with E-state index in [2.05, 4.69) is 26.3 Å². The fourth-order valence-corrected chi connectivity index (χ4v) is 1.71. The van der Waals surface area contributed by atoms with Gasteiger partial charge in [-0.3, -0.25) is 9.48 Å². The molecule has 1 N–H and O–H groups in total. The second-order valence-corrected chi connectivity index (χ2v) is 3.96. The maximum Gasteiger partial charge on any atom is 0.261 e. The molecule has 17 heavy (non-hydrogen) atoms. The Morgan fingerprint density at radius 3 is 3.06 bits per heavy atom. The summed E-state index contributed by atoms with van der Waals surface area (Å²) in [7, 11) is 1.67. The first-order chi connectivity index (χ1) is 8.11. The Balaban J connectivity index is 2.25. The highest BCUT2D eigenvalue weighted by molar-refractivity contribution is 9.10. The molecule has 2 heterocycles. The summed E-state index contributed by atoms with van der Waals surface area (Å²) < 4.78 is 6.74. The zero-order valence-corrected chi connectivity index (χ0v) is 10.4. The number of nitriles is 1. The van der Waals surface area contributed by atoms with Gasteiger partial charge >= 0.3 is 0 Å². The Bertz CT molecular complexity index is 608. The standard InChI is InChI=1S/C10H7BrN4O2/c1-15-5-6(4-12)9(14-15)13-10(16)7-2-3-17-8(7)11/h2-3,5H,1H3,(H,13,14,16). The fourth-order valence-electron chi connectivity index (χ4n) is 1.29. The molecular weight excluding hydrogens is 288 g/mol. The molecule has 1 amide bonds. The van der Waals surface area contributed by atoms with Crippen LogP contribution in [0.4, 0.5) is 5.82 Å². The molecule has 7 heteroatoms. The van der Waals surface area contributed by atoms with E-state index in [9.17, 15) is 4.79 Å². The van der Waals surface area contributed by atoms with Crippen LogP contribution in [0.5, 0.6) is 0 Å². The number of amides is 1. The number of halogens is 1. The zero-order chi connectivity index (χ0) is 12.4. The minimum absolute atomic E-state index is 0.230. The van der Waals surface area contributed by atoms with Crippen molar-refractivity contribution in [1.82, 2.24) is 9.78 Å². The lowest BCUT2D eigenvalue weighted by Crippen LogP contribution is -2.13. The van der Waals surface area contributed by atoms with Gasteiger partial charge in [-0.05, 0) is 22.0 Å². The molecule has 6 nitrogen and oxygen atoms in total. The maximum atomic E-state index is 11.8. The summed E-state index contributed by atoms with van der Waals surface area (Å²) in [6.45, 7) is 0. The van der Waals surface area contributed by atoms with Gasteiger partial charge in [-0.1, -0.05) is 0 Å². The maximum absolute atomic E-state index is 11.8. The van der Waals surface area contributed by atoms with Gasteiger partial charge in [-0.2, -0.15) is 10.4 Å². The highest BCUT2D eigenvalue weighted by Gasteiger charge is 2.16. The van der Waals surface area contributed by atoms with Gasteiger partial charge in [-0.15, -0.1) is 0 Å². The summed E-state index contributed by atoms with van der Waals surface area (Å²) >= 11 is 3.10. The Morgan fingerprint density at radius 2 is 2.47 bits per heavy atom. The monoisotopic (exact) mass is 294 g/mol. The van der Waals surface area contributed by atoms with Crippen molar-refractivity contribution in [2.24, 2.45) is 7.05 Å². The smallest absolute Gasteiger partial charge is 0.261 e. The van der Waals surface area contributed by atoms with Crippen LogP contribution in [0, 0.1) is 11.3 Å². The number of hydrogen-bond acceptors (Lipinski definition) is 4. The van der Waals surface area contributed by atoms with E-state index in [4.69, 9.17) is 9.68 Å². The molecule has 2 rings (SSSR count). The first-order valence-electron chi connectivity index (χ1n) is 4.60.